The standard InChI is InChI=1S/C13H21N3O/c14-9-12(10-16-7-5-15-6-8-16)11-1-3-13(17)4-2-11/h1-4,12,15,17H,5-10,14H2. The molecule has 0 radical (unpaired) electrons. The van der Waals surface area contributed by atoms with Gasteiger partial charge in [0.15, 0.2) is 0 Å². The molecule has 1 fully saturated rings. The summed E-state index contributed by atoms with van der Waals surface area (Å²) in [7, 11) is 0. The molecule has 4 nitrogen and oxygen atoms in total. The average molecular weight is 235 g/mol. The molecule has 4 heteroatoms. The molecule has 1 aliphatic heterocycles. The lowest BCUT2D eigenvalue weighted by Crippen LogP contribution is -2.45. The van der Waals surface area contributed by atoms with E-state index in [4.69, 9.17) is 5.73 Å². The average Bonchev–Trinajstić information content (AvgIpc) is 2.38. The lowest BCUT2D eigenvalue weighted by Gasteiger charge is -2.30. The van der Waals surface area contributed by atoms with Crippen molar-refractivity contribution in [3.8, 4) is 5.75 Å². The minimum Gasteiger partial charge on any atom is -0.508 e. The summed E-state index contributed by atoms with van der Waals surface area (Å²) in [5.74, 6) is 0.667. The molecule has 0 spiro atoms. The number of benzene rings is 1. The number of aromatic hydroxyl groups is 1. The number of rotatable bonds is 4. The largest absolute Gasteiger partial charge is 0.508 e. The van der Waals surface area contributed by atoms with Gasteiger partial charge in [0.1, 0.15) is 5.75 Å². The molecular weight excluding hydrogens is 214 g/mol. The molecule has 1 aromatic rings. The van der Waals surface area contributed by atoms with Gasteiger partial charge in [-0.05, 0) is 17.7 Å². The Labute approximate surface area is 102 Å². The normalized spacial score (nSPS) is 19.1. The number of phenolic OH excluding ortho intramolecular Hbond substituents is 1. The Balaban J connectivity index is 1.97. The van der Waals surface area contributed by atoms with Crippen LogP contribution in [0, 0.1) is 0 Å². The van der Waals surface area contributed by atoms with Crippen LogP contribution >= 0.6 is 0 Å². The molecule has 94 valence electrons. The first-order chi connectivity index (χ1) is 8.29. The highest BCUT2D eigenvalue weighted by Crippen LogP contribution is 2.19. The van der Waals surface area contributed by atoms with Crippen LogP contribution in [0.3, 0.4) is 0 Å². The molecule has 1 saturated heterocycles. The summed E-state index contributed by atoms with van der Waals surface area (Å²) in [5.41, 5.74) is 7.07. The lowest BCUT2D eigenvalue weighted by atomic mass is 9.98. The second-order valence-electron chi connectivity index (χ2n) is 4.57. The zero-order valence-electron chi connectivity index (χ0n) is 10.1. The summed E-state index contributed by atoms with van der Waals surface area (Å²) >= 11 is 0. The Kier molecular flexibility index (Phi) is 4.36. The molecule has 1 aromatic carbocycles. The number of hydrogen-bond acceptors (Lipinski definition) is 4. The van der Waals surface area contributed by atoms with Crippen molar-refractivity contribution in [1.29, 1.82) is 0 Å². The van der Waals surface area contributed by atoms with Crippen LogP contribution in [0.15, 0.2) is 24.3 Å². The van der Waals surface area contributed by atoms with Crippen LogP contribution < -0.4 is 11.1 Å². The molecule has 0 saturated carbocycles. The smallest absolute Gasteiger partial charge is 0.115 e. The van der Waals surface area contributed by atoms with E-state index >= 15 is 0 Å². The monoisotopic (exact) mass is 235 g/mol. The van der Waals surface area contributed by atoms with Gasteiger partial charge in [0.05, 0.1) is 0 Å². The molecule has 0 aliphatic carbocycles. The van der Waals surface area contributed by atoms with Crippen molar-refractivity contribution in [2.45, 2.75) is 5.92 Å². The van der Waals surface area contributed by atoms with Crippen LogP contribution in [-0.4, -0.2) is 49.3 Å². The van der Waals surface area contributed by atoms with Crippen molar-refractivity contribution in [2.24, 2.45) is 5.73 Å². The van der Waals surface area contributed by atoms with E-state index in [0.717, 1.165) is 32.7 Å². The van der Waals surface area contributed by atoms with Crippen LogP contribution in [-0.2, 0) is 0 Å². The van der Waals surface area contributed by atoms with E-state index < -0.39 is 0 Å². The highest BCUT2D eigenvalue weighted by Gasteiger charge is 2.16. The van der Waals surface area contributed by atoms with Crippen LogP contribution in [0.1, 0.15) is 11.5 Å². The first-order valence-electron chi connectivity index (χ1n) is 6.21. The molecular formula is C13H21N3O. The summed E-state index contributed by atoms with van der Waals surface area (Å²) in [4.78, 5) is 2.45. The number of nitrogens with one attached hydrogen (secondary N) is 1. The fourth-order valence-corrected chi connectivity index (χ4v) is 2.27. The third kappa shape index (κ3) is 3.43. The van der Waals surface area contributed by atoms with Gasteiger partial charge in [-0.25, -0.2) is 0 Å². The molecule has 1 aliphatic rings. The second kappa shape index (κ2) is 6.00. The van der Waals surface area contributed by atoms with Crippen LogP contribution in [0.5, 0.6) is 5.75 Å². The zero-order valence-corrected chi connectivity index (χ0v) is 10.1. The number of nitrogens with two attached hydrogens (primary N) is 1. The van der Waals surface area contributed by atoms with E-state index in [0.29, 0.717) is 18.2 Å². The Bertz CT molecular complexity index is 333. The van der Waals surface area contributed by atoms with Gasteiger partial charge in [-0.15, -0.1) is 0 Å². The van der Waals surface area contributed by atoms with E-state index in [2.05, 4.69) is 10.2 Å². The van der Waals surface area contributed by atoms with Crippen molar-refractivity contribution in [3.63, 3.8) is 0 Å². The molecule has 0 aromatic heterocycles. The van der Waals surface area contributed by atoms with Gasteiger partial charge in [0.2, 0.25) is 0 Å². The van der Waals surface area contributed by atoms with Crippen LogP contribution in [0.2, 0.25) is 0 Å². The molecule has 1 atom stereocenters. The fourth-order valence-electron chi connectivity index (χ4n) is 2.27. The van der Waals surface area contributed by atoms with Crippen molar-refractivity contribution in [3.05, 3.63) is 29.8 Å². The molecule has 4 N–H and O–H groups in total. The minimum absolute atomic E-state index is 0.312. The molecule has 1 heterocycles. The van der Waals surface area contributed by atoms with Gasteiger partial charge < -0.3 is 21.1 Å². The zero-order chi connectivity index (χ0) is 12.1. The quantitative estimate of drug-likeness (QED) is 0.704. The van der Waals surface area contributed by atoms with Crippen molar-refractivity contribution in [2.75, 3.05) is 39.3 Å². The van der Waals surface area contributed by atoms with Gasteiger partial charge in [0, 0.05) is 45.2 Å². The topological polar surface area (TPSA) is 61.5 Å². The van der Waals surface area contributed by atoms with Crippen molar-refractivity contribution in [1.82, 2.24) is 10.2 Å². The lowest BCUT2D eigenvalue weighted by molar-refractivity contribution is 0.228. The van der Waals surface area contributed by atoms with Crippen molar-refractivity contribution < 1.29 is 5.11 Å². The molecule has 17 heavy (non-hydrogen) atoms. The van der Waals surface area contributed by atoms with Crippen molar-refractivity contribution >= 4 is 0 Å². The van der Waals surface area contributed by atoms with Gasteiger partial charge in [-0.2, -0.15) is 0 Å². The van der Waals surface area contributed by atoms with E-state index in [-0.39, 0.29) is 0 Å². The maximum absolute atomic E-state index is 9.28. The first kappa shape index (κ1) is 12.4. The van der Waals surface area contributed by atoms with E-state index in [1.165, 1.54) is 5.56 Å². The maximum atomic E-state index is 9.28. The number of hydrogen-bond donors (Lipinski definition) is 3. The molecule has 0 amide bonds. The Morgan fingerprint density at radius 2 is 1.88 bits per heavy atom. The summed E-state index contributed by atoms with van der Waals surface area (Å²) < 4.78 is 0. The third-order valence-corrected chi connectivity index (χ3v) is 3.34. The third-order valence-electron chi connectivity index (χ3n) is 3.34. The van der Waals surface area contributed by atoms with Gasteiger partial charge in [-0.3, -0.25) is 0 Å². The predicted octanol–water partition coefficient (Wildman–Crippen LogP) is 0.340. The minimum atomic E-state index is 0.312. The summed E-state index contributed by atoms with van der Waals surface area (Å²) in [6, 6.07) is 7.40. The maximum Gasteiger partial charge on any atom is 0.115 e. The SMILES string of the molecule is NCC(CN1CCNCC1)c1ccc(O)cc1. The highest BCUT2D eigenvalue weighted by molar-refractivity contribution is 5.28. The Hall–Kier alpha value is -1.10. The fraction of sp³-hybridized carbons (Fsp3) is 0.538. The molecule has 1 unspecified atom stereocenters. The molecule has 0 bridgehead atoms. The highest BCUT2D eigenvalue weighted by atomic mass is 16.3. The number of piperazine rings is 1. The summed E-state index contributed by atoms with van der Waals surface area (Å²) in [6.07, 6.45) is 0. The number of phenols is 1. The molecule has 2 rings (SSSR count). The Morgan fingerprint density at radius 3 is 2.47 bits per heavy atom. The first-order valence-corrected chi connectivity index (χ1v) is 6.21. The van der Waals surface area contributed by atoms with Gasteiger partial charge >= 0.3 is 0 Å². The second-order valence-corrected chi connectivity index (χ2v) is 4.57. The summed E-state index contributed by atoms with van der Waals surface area (Å²) in [6.45, 7) is 5.96. The van der Waals surface area contributed by atoms with E-state index in [9.17, 15) is 5.11 Å². The van der Waals surface area contributed by atoms with E-state index in [1.807, 2.05) is 12.1 Å². The summed E-state index contributed by atoms with van der Waals surface area (Å²) in [5, 5.41) is 12.6. The van der Waals surface area contributed by atoms with Gasteiger partial charge in [-0.1, -0.05) is 12.1 Å². The van der Waals surface area contributed by atoms with E-state index in [1.54, 1.807) is 12.1 Å². The Morgan fingerprint density at radius 1 is 1.24 bits per heavy atom. The van der Waals surface area contributed by atoms with Gasteiger partial charge in [0.25, 0.3) is 0 Å². The number of nitrogens with zero attached hydrogens (tertiary/aromatic N) is 1. The predicted molar refractivity (Wildman–Crippen MR) is 69.2 cm³/mol. The van der Waals surface area contributed by atoms with Crippen LogP contribution in [0.25, 0.3) is 0 Å². The van der Waals surface area contributed by atoms with Crippen LogP contribution in [0.4, 0.5) is 0 Å².